The molecule has 0 bridgehead atoms. The maximum Gasteiger partial charge on any atom is 0.245 e. The Hall–Kier alpha value is -1.83. The summed E-state index contributed by atoms with van der Waals surface area (Å²) in [6.07, 6.45) is 5.38. The summed E-state index contributed by atoms with van der Waals surface area (Å²) >= 11 is 0. The largest absolute Gasteiger partial charge is 0.341 e. The zero-order valence-electron chi connectivity index (χ0n) is 9.26. The van der Waals surface area contributed by atoms with E-state index in [-0.39, 0.29) is 11.9 Å². The van der Waals surface area contributed by atoms with E-state index in [4.69, 9.17) is 5.26 Å². The molecule has 5 nitrogen and oxygen atoms in total. The summed E-state index contributed by atoms with van der Waals surface area (Å²) in [5.74, 6) is 0.368. The van der Waals surface area contributed by atoms with E-state index < -0.39 is 0 Å². The van der Waals surface area contributed by atoms with Crippen LogP contribution in [0.3, 0.4) is 0 Å². The fourth-order valence-corrected chi connectivity index (χ4v) is 2.03. The number of carbonyl (C=O) groups is 1. The fraction of sp³-hybridized carbons (Fsp3) is 0.545. The van der Waals surface area contributed by atoms with Gasteiger partial charge in [-0.1, -0.05) is 0 Å². The molecule has 0 radical (unpaired) electrons. The molecular formula is C11H14N4O. The maximum absolute atomic E-state index is 12.1. The van der Waals surface area contributed by atoms with Gasteiger partial charge in [-0.05, 0) is 19.8 Å². The molecule has 0 aromatic carbocycles. The number of hydrogen-bond acceptors (Lipinski definition) is 3. The van der Waals surface area contributed by atoms with Gasteiger partial charge < -0.3 is 9.47 Å². The third-order valence-electron chi connectivity index (χ3n) is 2.96. The summed E-state index contributed by atoms with van der Waals surface area (Å²) in [5, 5.41) is 8.85. The highest BCUT2D eigenvalue weighted by Crippen LogP contribution is 2.16. The van der Waals surface area contributed by atoms with Crippen molar-refractivity contribution in [3.05, 3.63) is 18.2 Å². The summed E-state index contributed by atoms with van der Waals surface area (Å²) in [5.41, 5.74) is 0. The van der Waals surface area contributed by atoms with E-state index in [1.54, 1.807) is 17.0 Å². The van der Waals surface area contributed by atoms with Crippen LogP contribution in [-0.2, 0) is 4.79 Å². The van der Waals surface area contributed by atoms with Crippen molar-refractivity contribution in [2.45, 2.75) is 25.8 Å². The molecule has 1 atom stereocenters. The van der Waals surface area contributed by atoms with Gasteiger partial charge in [0.1, 0.15) is 12.1 Å². The van der Waals surface area contributed by atoms with Crippen molar-refractivity contribution in [2.24, 2.45) is 0 Å². The molecule has 0 saturated carbocycles. The summed E-state index contributed by atoms with van der Waals surface area (Å²) in [4.78, 5) is 17.8. The van der Waals surface area contributed by atoms with Gasteiger partial charge in [0, 0.05) is 25.5 Å². The van der Waals surface area contributed by atoms with Crippen molar-refractivity contribution >= 4 is 5.91 Å². The number of imidazole rings is 1. The van der Waals surface area contributed by atoms with Gasteiger partial charge in [0.05, 0.1) is 0 Å². The second-order valence-electron chi connectivity index (χ2n) is 3.98. The van der Waals surface area contributed by atoms with E-state index in [0.29, 0.717) is 5.82 Å². The van der Waals surface area contributed by atoms with Crippen LogP contribution in [0.2, 0.25) is 0 Å². The van der Waals surface area contributed by atoms with Crippen LogP contribution in [0, 0.1) is 11.3 Å². The highest BCUT2D eigenvalue weighted by Gasteiger charge is 2.25. The molecule has 16 heavy (non-hydrogen) atoms. The number of nitrogens with zero attached hydrogens (tertiary/aromatic N) is 4. The minimum absolute atomic E-state index is 0.0759. The minimum atomic E-state index is -0.338. The summed E-state index contributed by atoms with van der Waals surface area (Å²) in [7, 11) is 0. The lowest BCUT2D eigenvalue weighted by Gasteiger charge is -2.21. The topological polar surface area (TPSA) is 61.9 Å². The Bertz CT molecular complexity index is 425. The first-order valence-corrected chi connectivity index (χ1v) is 5.45. The second-order valence-corrected chi connectivity index (χ2v) is 3.98. The van der Waals surface area contributed by atoms with E-state index >= 15 is 0 Å². The molecule has 0 spiro atoms. The zero-order valence-corrected chi connectivity index (χ0v) is 9.26. The van der Waals surface area contributed by atoms with Crippen molar-refractivity contribution in [1.82, 2.24) is 14.5 Å². The highest BCUT2D eigenvalue weighted by atomic mass is 16.2. The van der Waals surface area contributed by atoms with Gasteiger partial charge in [-0.3, -0.25) is 4.79 Å². The third kappa shape index (κ3) is 1.78. The molecule has 1 aromatic rings. The molecule has 2 heterocycles. The first-order valence-electron chi connectivity index (χ1n) is 5.45. The molecule has 1 aliphatic rings. The quantitative estimate of drug-likeness (QED) is 0.742. The van der Waals surface area contributed by atoms with Crippen LogP contribution in [0.15, 0.2) is 12.4 Å². The molecule has 0 aliphatic carbocycles. The Morgan fingerprint density at radius 3 is 2.88 bits per heavy atom. The average Bonchev–Trinajstić information content (AvgIpc) is 2.97. The predicted molar refractivity (Wildman–Crippen MR) is 57.5 cm³/mol. The van der Waals surface area contributed by atoms with Crippen molar-refractivity contribution < 1.29 is 4.79 Å². The Morgan fingerprint density at radius 1 is 1.56 bits per heavy atom. The molecule has 1 unspecified atom stereocenters. The Morgan fingerprint density at radius 2 is 2.25 bits per heavy atom. The molecule has 2 rings (SSSR count). The molecule has 1 aliphatic heterocycles. The molecular weight excluding hydrogens is 204 g/mol. The summed E-state index contributed by atoms with van der Waals surface area (Å²) < 4.78 is 1.63. The average molecular weight is 218 g/mol. The van der Waals surface area contributed by atoms with Gasteiger partial charge in [0.25, 0.3) is 0 Å². The van der Waals surface area contributed by atoms with E-state index in [0.717, 1.165) is 25.9 Å². The molecule has 84 valence electrons. The molecule has 0 N–H and O–H groups in total. The van der Waals surface area contributed by atoms with Crippen molar-refractivity contribution in [2.75, 3.05) is 13.1 Å². The predicted octanol–water partition coefficient (Wildman–Crippen LogP) is 0.938. The normalized spacial score (nSPS) is 17.1. The Labute approximate surface area is 94.3 Å². The van der Waals surface area contributed by atoms with Crippen LogP contribution >= 0.6 is 0 Å². The molecule has 1 fully saturated rings. The van der Waals surface area contributed by atoms with E-state index in [9.17, 15) is 4.79 Å². The van der Waals surface area contributed by atoms with Crippen LogP contribution in [0.25, 0.3) is 0 Å². The monoisotopic (exact) mass is 218 g/mol. The molecule has 1 aromatic heterocycles. The number of hydrogen-bond donors (Lipinski definition) is 0. The minimum Gasteiger partial charge on any atom is -0.341 e. The Balaban J connectivity index is 2.15. The number of carbonyl (C=O) groups excluding carboxylic acids is 1. The fourth-order valence-electron chi connectivity index (χ4n) is 2.03. The van der Waals surface area contributed by atoms with Gasteiger partial charge in [-0.2, -0.15) is 5.26 Å². The molecule has 1 amide bonds. The van der Waals surface area contributed by atoms with Crippen LogP contribution in [-0.4, -0.2) is 33.4 Å². The van der Waals surface area contributed by atoms with Gasteiger partial charge in [0.15, 0.2) is 0 Å². The van der Waals surface area contributed by atoms with E-state index in [2.05, 4.69) is 4.98 Å². The first-order chi connectivity index (χ1) is 7.74. The van der Waals surface area contributed by atoms with Crippen LogP contribution < -0.4 is 0 Å². The van der Waals surface area contributed by atoms with Gasteiger partial charge >= 0.3 is 0 Å². The number of likely N-dealkylation sites (tertiary alicyclic amines) is 1. The second kappa shape index (κ2) is 4.35. The standard InChI is InChI=1S/C11H14N4O/c1-9(11(16)14-5-2-3-6-14)15-7-4-13-10(15)8-12/h4,7,9H,2-3,5-6H2,1H3. The lowest BCUT2D eigenvalue weighted by Crippen LogP contribution is -2.34. The molecule has 1 saturated heterocycles. The first kappa shape index (κ1) is 10.7. The number of aromatic nitrogens is 2. The van der Waals surface area contributed by atoms with Crippen LogP contribution in [0.1, 0.15) is 31.6 Å². The van der Waals surface area contributed by atoms with Crippen LogP contribution in [0.4, 0.5) is 0 Å². The SMILES string of the molecule is CC(C(=O)N1CCCC1)n1ccnc1C#N. The summed E-state index contributed by atoms with van der Waals surface area (Å²) in [6.45, 7) is 3.47. The van der Waals surface area contributed by atoms with Crippen LogP contribution in [0.5, 0.6) is 0 Å². The van der Waals surface area contributed by atoms with Crippen molar-refractivity contribution in [1.29, 1.82) is 5.26 Å². The third-order valence-corrected chi connectivity index (χ3v) is 2.96. The zero-order chi connectivity index (χ0) is 11.5. The van der Waals surface area contributed by atoms with Crippen molar-refractivity contribution in [3.63, 3.8) is 0 Å². The number of rotatable bonds is 2. The number of amides is 1. The van der Waals surface area contributed by atoms with Gasteiger partial charge in [-0.25, -0.2) is 4.98 Å². The van der Waals surface area contributed by atoms with Crippen molar-refractivity contribution in [3.8, 4) is 6.07 Å². The summed E-state index contributed by atoms with van der Waals surface area (Å²) in [6, 6.07) is 1.65. The van der Waals surface area contributed by atoms with E-state index in [1.807, 2.05) is 17.9 Å². The Kier molecular flexibility index (Phi) is 2.91. The van der Waals surface area contributed by atoms with Gasteiger partial charge in [-0.15, -0.1) is 0 Å². The maximum atomic E-state index is 12.1. The molecule has 5 heteroatoms. The van der Waals surface area contributed by atoms with Gasteiger partial charge in [0.2, 0.25) is 11.7 Å². The van der Waals surface area contributed by atoms with E-state index in [1.165, 1.54) is 0 Å². The lowest BCUT2D eigenvalue weighted by molar-refractivity contribution is -0.133. The highest BCUT2D eigenvalue weighted by molar-refractivity contribution is 5.80. The lowest BCUT2D eigenvalue weighted by atomic mass is 10.3. The smallest absolute Gasteiger partial charge is 0.245 e. The number of nitriles is 1.